The van der Waals surface area contributed by atoms with Gasteiger partial charge in [0.1, 0.15) is 12.1 Å². The van der Waals surface area contributed by atoms with E-state index in [2.05, 4.69) is 20.0 Å². The maximum absolute atomic E-state index is 12.9. The topological polar surface area (TPSA) is 96.7 Å². The molecule has 3 fully saturated rings. The maximum atomic E-state index is 12.9. The third-order valence-corrected chi connectivity index (χ3v) is 7.75. The number of hydrogen-bond acceptors (Lipinski definition) is 7. The van der Waals surface area contributed by atoms with Crippen LogP contribution in [0.2, 0.25) is 0 Å². The number of fused-ring (bicyclic) bond motifs is 1. The Balaban J connectivity index is 1.27. The van der Waals surface area contributed by atoms with Gasteiger partial charge in [-0.2, -0.15) is 22.1 Å². The molecule has 0 bridgehead atoms. The summed E-state index contributed by atoms with van der Waals surface area (Å²) in [5.41, 5.74) is 0. The van der Waals surface area contributed by atoms with Gasteiger partial charge in [-0.05, 0) is 17.9 Å². The summed E-state index contributed by atoms with van der Waals surface area (Å²) in [4.78, 5) is 10.9. The second-order valence-corrected chi connectivity index (χ2v) is 9.37. The van der Waals surface area contributed by atoms with Gasteiger partial charge in [-0.3, -0.25) is 0 Å². The highest BCUT2D eigenvalue weighted by molar-refractivity contribution is 7.86. The number of aromatic nitrogens is 4. The molecule has 2 atom stereocenters. The molecule has 0 spiro atoms. The highest BCUT2D eigenvalue weighted by atomic mass is 32.2. The van der Waals surface area contributed by atoms with Crippen molar-refractivity contribution in [2.24, 2.45) is 11.8 Å². The molecule has 2 aromatic rings. The van der Waals surface area contributed by atoms with Crippen molar-refractivity contribution >= 4 is 16.0 Å². The van der Waals surface area contributed by atoms with Crippen molar-refractivity contribution in [1.29, 1.82) is 0 Å². The summed E-state index contributed by atoms with van der Waals surface area (Å²) in [6, 6.07) is 3.78. The molecule has 3 aliphatic heterocycles. The van der Waals surface area contributed by atoms with Crippen LogP contribution in [0.15, 0.2) is 30.9 Å². The van der Waals surface area contributed by atoms with E-state index in [-0.39, 0.29) is 0 Å². The number of morpholine rings is 1. The zero-order chi connectivity index (χ0) is 19.1. The standard InChI is InChI=1S/C17H23N7O3S/c25-28(26,22-4-6-27-7-5-22)23-11-14-9-21(10-15(14)12-23)16-8-17(19-13-18-16)24-3-1-2-20-24/h1-3,8,13-15H,4-7,9-12H2. The first kappa shape index (κ1) is 18.0. The number of nitrogens with zero attached hydrogens (tertiary/aromatic N) is 7. The summed E-state index contributed by atoms with van der Waals surface area (Å²) in [6.07, 6.45) is 5.11. The molecule has 2 aromatic heterocycles. The van der Waals surface area contributed by atoms with Crippen molar-refractivity contribution in [3.63, 3.8) is 0 Å². The van der Waals surface area contributed by atoms with Crippen molar-refractivity contribution in [1.82, 2.24) is 28.4 Å². The molecule has 0 radical (unpaired) electrons. The monoisotopic (exact) mass is 405 g/mol. The average molecular weight is 405 g/mol. The van der Waals surface area contributed by atoms with Crippen molar-refractivity contribution in [2.45, 2.75) is 0 Å². The van der Waals surface area contributed by atoms with Crippen molar-refractivity contribution in [3.8, 4) is 5.82 Å². The Morgan fingerprint density at radius 1 is 0.964 bits per heavy atom. The largest absolute Gasteiger partial charge is 0.379 e. The van der Waals surface area contributed by atoms with Gasteiger partial charge in [-0.1, -0.05) is 0 Å². The van der Waals surface area contributed by atoms with E-state index in [0.29, 0.717) is 51.2 Å². The van der Waals surface area contributed by atoms with Crippen LogP contribution in [0.5, 0.6) is 0 Å². The van der Waals surface area contributed by atoms with Gasteiger partial charge in [0, 0.05) is 57.7 Å². The Labute approximate surface area is 163 Å². The van der Waals surface area contributed by atoms with Crippen molar-refractivity contribution in [3.05, 3.63) is 30.9 Å². The molecule has 2 unspecified atom stereocenters. The third kappa shape index (κ3) is 3.17. The van der Waals surface area contributed by atoms with E-state index in [0.717, 1.165) is 24.7 Å². The lowest BCUT2D eigenvalue weighted by Crippen LogP contribution is -2.48. The molecule has 3 aliphatic rings. The van der Waals surface area contributed by atoms with Crippen LogP contribution in [0.1, 0.15) is 0 Å². The molecule has 11 heteroatoms. The Morgan fingerprint density at radius 2 is 1.68 bits per heavy atom. The molecule has 3 saturated heterocycles. The second-order valence-electron chi connectivity index (χ2n) is 7.45. The normalized spacial score (nSPS) is 26.6. The van der Waals surface area contributed by atoms with Crippen LogP contribution in [0.3, 0.4) is 0 Å². The lowest BCUT2D eigenvalue weighted by Gasteiger charge is -2.31. The maximum Gasteiger partial charge on any atom is 0.282 e. The summed E-state index contributed by atoms with van der Waals surface area (Å²) >= 11 is 0. The molecule has 0 aliphatic carbocycles. The molecule has 0 N–H and O–H groups in total. The fourth-order valence-electron chi connectivity index (χ4n) is 4.31. The third-order valence-electron chi connectivity index (χ3n) is 5.78. The summed E-state index contributed by atoms with van der Waals surface area (Å²) in [6.45, 7) is 4.56. The smallest absolute Gasteiger partial charge is 0.282 e. The van der Waals surface area contributed by atoms with E-state index in [1.807, 2.05) is 18.3 Å². The molecule has 0 saturated carbocycles. The van der Waals surface area contributed by atoms with Gasteiger partial charge >= 0.3 is 0 Å². The summed E-state index contributed by atoms with van der Waals surface area (Å²) in [5, 5.41) is 4.21. The molecule has 0 aromatic carbocycles. The van der Waals surface area contributed by atoms with E-state index < -0.39 is 10.2 Å². The van der Waals surface area contributed by atoms with Crippen LogP contribution in [0, 0.1) is 11.8 Å². The zero-order valence-corrected chi connectivity index (χ0v) is 16.3. The first-order chi connectivity index (χ1) is 13.6. The highest BCUT2D eigenvalue weighted by Gasteiger charge is 2.45. The van der Waals surface area contributed by atoms with Crippen LogP contribution < -0.4 is 4.90 Å². The summed E-state index contributed by atoms with van der Waals surface area (Å²) < 4.78 is 36.0. The predicted octanol–water partition coefficient (Wildman–Crippen LogP) is -0.393. The summed E-state index contributed by atoms with van der Waals surface area (Å²) in [5.74, 6) is 2.22. The van der Waals surface area contributed by atoms with Crippen LogP contribution >= 0.6 is 0 Å². The Hall–Kier alpha value is -2.08. The van der Waals surface area contributed by atoms with Gasteiger partial charge in [0.2, 0.25) is 0 Å². The Morgan fingerprint density at radius 3 is 2.36 bits per heavy atom. The minimum absolute atomic E-state index is 0.318. The molecule has 10 nitrogen and oxygen atoms in total. The number of anilines is 1. The molecule has 0 amide bonds. The highest BCUT2D eigenvalue weighted by Crippen LogP contribution is 2.35. The second kappa shape index (κ2) is 7.07. The number of ether oxygens (including phenoxy) is 1. The minimum atomic E-state index is -3.39. The van der Waals surface area contributed by atoms with Gasteiger partial charge in [0.25, 0.3) is 10.2 Å². The van der Waals surface area contributed by atoms with E-state index in [1.54, 1.807) is 25.8 Å². The summed E-state index contributed by atoms with van der Waals surface area (Å²) in [7, 11) is -3.39. The molecule has 150 valence electrons. The fraction of sp³-hybridized carbons (Fsp3) is 0.588. The van der Waals surface area contributed by atoms with Crippen molar-refractivity contribution in [2.75, 3.05) is 57.4 Å². The lowest BCUT2D eigenvalue weighted by atomic mass is 10.0. The van der Waals surface area contributed by atoms with E-state index in [9.17, 15) is 8.42 Å². The van der Waals surface area contributed by atoms with Crippen LogP contribution in [0.4, 0.5) is 5.82 Å². The molecule has 5 heterocycles. The van der Waals surface area contributed by atoms with Crippen LogP contribution in [0.25, 0.3) is 5.82 Å². The van der Waals surface area contributed by atoms with Gasteiger partial charge in [0.05, 0.1) is 13.2 Å². The van der Waals surface area contributed by atoms with E-state index >= 15 is 0 Å². The number of rotatable bonds is 4. The van der Waals surface area contributed by atoms with Crippen LogP contribution in [-0.2, 0) is 14.9 Å². The molecular weight excluding hydrogens is 382 g/mol. The van der Waals surface area contributed by atoms with E-state index in [1.165, 1.54) is 0 Å². The first-order valence-corrected chi connectivity index (χ1v) is 10.9. The fourth-order valence-corrected chi connectivity index (χ4v) is 6.00. The number of hydrogen-bond donors (Lipinski definition) is 0. The Bertz CT molecular complexity index is 916. The van der Waals surface area contributed by atoms with Gasteiger partial charge < -0.3 is 9.64 Å². The molecular formula is C17H23N7O3S. The van der Waals surface area contributed by atoms with Gasteiger partial charge in [-0.15, -0.1) is 0 Å². The predicted molar refractivity (Wildman–Crippen MR) is 101 cm³/mol. The molecule has 28 heavy (non-hydrogen) atoms. The van der Waals surface area contributed by atoms with Gasteiger partial charge in [-0.25, -0.2) is 14.6 Å². The van der Waals surface area contributed by atoms with Crippen LogP contribution in [-0.4, -0.2) is 89.3 Å². The lowest BCUT2D eigenvalue weighted by molar-refractivity contribution is 0.0705. The SMILES string of the molecule is O=S(=O)(N1CCOCC1)N1CC2CN(c3cc(-n4cccn4)ncn3)CC2C1. The van der Waals surface area contributed by atoms with Gasteiger partial charge in [0.15, 0.2) is 5.82 Å². The molecule has 5 rings (SSSR count). The first-order valence-electron chi connectivity index (χ1n) is 9.51. The minimum Gasteiger partial charge on any atom is -0.379 e. The average Bonchev–Trinajstić information content (AvgIpc) is 3.45. The van der Waals surface area contributed by atoms with Crippen molar-refractivity contribution < 1.29 is 13.2 Å². The Kier molecular flexibility index (Phi) is 4.54. The quantitative estimate of drug-likeness (QED) is 0.683. The zero-order valence-electron chi connectivity index (χ0n) is 15.5. The van der Waals surface area contributed by atoms with E-state index in [4.69, 9.17) is 4.74 Å².